The van der Waals surface area contributed by atoms with E-state index in [1.807, 2.05) is 0 Å². The van der Waals surface area contributed by atoms with Crippen molar-refractivity contribution in [3.63, 3.8) is 0 Å². The molecular formula is C11H22N2O. The number of hydrogen-bond donors (Lipinski definition) is 2. The Morgan fingerprint density at radius 2 is 1.93 bits per heavy atom. The van der Waals surface area contributed by atoms with Crippen molar-refractivity contribution in [2.75, 3.05) is 13.1 Å². The number of hydrogen-bond acceptors (Lipinski definition) is 2. The second-order valence-electron chi connectivity index (χ2n) is 4.05. The van der Waals surface area contributed by atoms with Crippen molar-refractivity contribution >= 4 is 5.91 Å². The Balaban J connectivity index is 2.32. The molecule has 14 heavy (non-hydrogen) atoms. The number of carbonyl (C=O) groups is 1. The maximum Gasteiger partial charge on any atom is 0.223 e. The summed E-state index contributed by atoms with van der Waals surface area (Å²) in [5.41, 5.74) is 0. The van der Waals surface area contributed by atoms with Gasteiger partial charge in [0.15, 0.2) is 0 Å². The first-order valence-electron chi connectivity index (χ1n) is 5.79. The van der Waals surface area contributed by atoms with E-state index in [0.717, 1.165) is 38.8 Å². The minimum atomic E-state index is 0.247. The Labute approximate surface area is 86.6 Å². The molecule has 0 aliphatic carbocycles. The van der Waals surface area contributed by atoms with E-state index in [9.17, 15) is 4.79 Å². The van der Waals surface area contributed by atoms with Crippen LogP contribution in [0.2, 0.25) is 0 Å². The number of piperidine rings is 1. The molecule has 0 bridgehead atoms. The molecule has 82 valence electrons. The van der Waals surface area contributed by atoms with E-state index in [-0.39, 0.29) is 11.8 Å². The Bertz CT molecular complexity index is 172. The maximum atomic E-state index is 11.8. The summed E-state index contributed by atoms with van der Waals surface area (Å²) in [6, 6.07) is 0.373. The van der Waals surface area contributed by atoms with Gasteiger partial charge in [-0.15, -0.1) is 0 Å². The topological polar surface area (TPSA) is 41.1 Å². The minimum Gasteiger partial charge on any atom is -0.353 e. The molecule has 2 N–H and O–H groups in total. The molecule has 1 saturated heterocycles. The fourth-order valence-corrected chi connectivity index (χ4v) is 1.90. The van der Waals surface area contributed by atoms with Crippen LogP contribution in [0.1, 0.15) is 39.5 Å². The van der Waals surface area contributed by atoms with Crippen molar-refractivity contribution in [3.05, 3.63) is 0 Å². The van der Waals surface area contributed by atoms with Gasteiger partial charge >= 0.3 is 0 Å². The first-order chi connectivity index (χ1) is 6.77. The van der Waals surface area contributed by atoms with Crippen LogP contribution in [0, 0.1) is 5.92 Å². The lowest BCUT2D eigenvalue weighted by atomic mass is 9.96. The van der Waals surface area contributed by atoms with Crippen molar-refractivity contribution in [1.29, 1.82) is 0 Å². The Kier molecular flexibility index (Phi) is 4.94. The van der Waals surface area contributed by atoms with E-state index < -0.39 is 0 Å². The Hall–Kier alpha value is -0.570. The summed E-state index contributed by atoms with van der Waals surface area (Å²) < 4.78 is 0. The monoisotopic (exact) mass is 198 g/mol. The first kappa shape index (κ1) is 11.5. The SMILES string of the molecule is CCC(CC)NC(=O)C1CCNCC1. The normalized spacial score (nSPS) is 18.5. The third kappa shape index (κ3) is 3.29. The predicted molar refractivity (Wildman–Crippen MR) is 58.1 cm³/mol. The largest absolute Gasteiger partial charge is 0.353 e. The van der Waals surface area contributed by atoms with Crippen molar-refractivity contribution < 1.29 is 4.79 Å². The standard InChI is InChI=1S/C11H22N2O/c1-3-10(4-2)13-11(14)9-5-7-12-8-6-9/h9-10,12H,3-8H2,1-2H3,(H,13,14). The molecule has 1 fully saturated rings. The van der Waals surface area contributed by atoms with Gasteiger partial charge in [0.2, 0.25) is 5.91 Å². The second kappa shape index (κ2) is 6.02. The molecule has 1 amide bonds. The molecule has 0 saturated carbocycles. The molecule has 1 heterocycles. The molecule has 1 aliphatic heterocycles. The van der Waals surface area contributed by atoms with Crippen LogP contribution in [0.3, 0.4) is 0 Å². The highest BCUT2D eigenvalue weighted by molar-refractivity contribution is 5.79. The average Bonchev–Trinajstić information content (AvgIpc) is 2.26. The van der Waals surface area contributed by atoms with Crippen LogP contribution >= 0.6 is 0 Å². The van der Waals surface area contributed by atoms with Crippen LogP contribution in [0.25, 0.3) is 0 Å². The van der Waals surface area contributed by atoms with Gasteiger partial charge in [-0.25, -0.2) is 0 Å². The molecule has 1 aliphatic rings. The Morgan fingerprint density at radius 1 is 1.36 bits per heavy atom. The van der Waals surface area contributed by atoms with Gasteiger partial charge in [-0.05, 0) is 38.8 Å². The van der Waals surface area contributed by atoms with E-state index in [0.29, 0.717) is 6.04 Å². The zero-order valence-electron chi connectivity index (χ0n) is 9.31. The number of rotatable bonds is 4. The lowest BCUT2D eigenvalue weighted by Gasteiger charge is -2.24. The molecular weight excluding hydrogens is 176 g/mol. The zero-order chi connectivity index (χ0) is 10.4. The smallest absolute Gasteiger partial charge is 0.223 e. The maximum absolute atomic E-state index is 11.8. The van der Waals surface area contributed by atoms with Gasteiger partial charge in [-0.3, -0.25) is 4.79 Å². The molecule has 0 atom stereocenters. The van der Waals surface area contributed by atoms with Crippen LogP contribution < -0.4 is 10.6 Å². The highest BCUT2D eigenvalue weighted by Gasteiger charge is 2.21. The summed E-state index contributed by atoms with van der Waals surface area (Å²) in [4.78, 5) is 11.8. The molecule has 0 aromatic rings. The van der Waals surface area contributed by atoms with Gasteiger partial charge in [0.05, 0.1) is 0 Å². The lowest BCUT2D eigenvalue weighted by molar-refractivity contribution is -0.126. The van der Waals surface area contributed by atoms with Gasteiger partial charge in [0.1, 0.15) is 0 Å². The van der Waals surface area contributed by atoms with Crippen molar-refractivity contribution in [2.24, 2.45) is 5.92 Å². The van der Waals surface area contributed by atoms with E-state index in [1.54, 1.807) is 0 Å². The molecule has 1 rings (SSSR count). The summed E-state index contributed by atoms with van der Waals surface area (Å²) in [6.07, 6.45) is 4.05. The summed E-state index contributed by atoms with van der Waals surface area (Å²) in [7, 11) is 0. The van der Waals surface area contributed by atoms with E-state index in [4.69, 9.17) is 0 Å². The van der Waals surface area contributed by atoms with Gasteiger partial charge < -0.3 is 10.6 Å². The number of carbonyl (C=O) groups excluding carboxylic acids is 1. The first-order valence-corrected chi connectivity index (χ1v) is 5.79. The molecule has 3 heteroatoms. The number of amides is 1. The summed E-state index contributed by atoms with van der Waals surface area (Å²) in [5.74, 6) is 0.511. The zero-order valence-corrected chi connectivity index (χ0v) is 9.31. The van der Waals surface area contributed by atoms with E-state index >= 15 is 0 Å². The fraction of sp³-hybridized carbons (Fsp3) is 0.909. The molecule has 3 nitrogen and oxygen atoms in total. The molecule has 0 radical (unpaired) electrons. The van der Waals surface area contributed by atoms with Crippen molar-refractivity contribution in [3.8, 4) is 0 Å². The predicted octanol–water partition coefficient (Wildman–Crippen LogP) is 1.29. The van der Waals surface area contributed by atoms with Gasteiger partial charge in [-0.2, -0.15) is 0 Å². The van der Waals surface area contributed by atoms with E-state index in [2.05, 4.69) is 24.5 Å². The summed E-state index contributed by atoms with van der Waals surface area (Å²) >= 11 is 0. The van der Waals surface area contributed by atoms with Crippen molar-refractivity contribution in [2.45, 2.75) is 45.6 Å². The number of nitrogens with one attached hydrogen (secondary N) is 2. The summed E-state index contributed by atoms with van der Waals surface area (Å²) in [6.45, 7) is 6.22. The summed E-state index contributed by atoms with van der Waals surface area (Å²) in [5, 5.41) is 6.39. The second-order valence-corrected chi connectivity index (χ2v) is 4.05. The van der Waals surface area contributed by atoms with Crippen LogP contribution in [-0.4, -0.2) is 25.0 Å². The Morgan fingerprint density at radius 3 is 2.43 bits per heavy atom. The quantitative estimate of drug-likeness (QED) is 0.714. The van der Waals surface area contributed by atoms with Crippen LogP contribution in [0.15, 0.2) is 0 Å². The van der Waals surface area contributed by atoms with Crippen molar-refractivity contribution in [1.82, 2.24) is 10.6 Å². The third-order valence-corrected chi connectivity index (χ3v) is 3.04. The highest BCUT2D eigenvalue weighted by Crippen LogP contribution is 2.12. The minimum absolute atomic E-state index is 0.247. The van der Waals surface area contributed by atoms with Crippen LogP contribution in [-0.2, 0) is 4.79 Å². The fourth-order valence-electron chi connectivity index (χ4n) is 1.90. The highest BCUT2D eigenvalue weighted by atomic mass is 16.1. The lowest BCUT2D eigenvalue weighted by Crippen LogP contribution is -2.42. The molecule has 0 spiro atoms. The van der Waals surface area contributed by atoms with Gasteiger partial charge in [0.25, 0.3) is 0 Å². The third-order valence-electron chi connectivity index (χ3n) is 3.04. The molecule has 0 unspecified atom stereocenters. The van der Waals surface area contributed by atoms with Gasteiger partial charge in [-0.1, -0.05) is 13.8 Å². The average molecular weight is 198 g/mol. The molecule has 0 aromatic carbocycles. The van der Waals surface area contributed by atoms with Crippen LogP contribution in [0.5, 0.6) is 0 Å². The molecule has 0 aromatic heterocycles. The van der Waals surface area contributed by atoms with E-state index in [1.165, 1.54) is 0 Å². The van der Waals surface area contributed by atoms with Crippen LogP contribution in [0.4, 0.5) is 0 Å². The van der Waals surface area contributed by atoms with Gasteiger partial charge in [0, 0.05) is 12.0 Å².